The fourth-order valence-electron chi connectivity index (χ4n) is 12.9. The highest BCUT2D eigenvalue weighted by Crippen LogP contribution is 2.54. The lowest BCUT2D eigenvalue weighted by atomic mass is 9.89. The maximum Gasteiger partial charge on any atom is 0.264 e. The molecule has 386 valence electrons. The molecular weight excluding hydrogens is 949 g/mol. The second kappa shape index (κ2) is 19.2. The third-order valence-electron chi connectivity index (χ3n) is 16.3. The number of rotatable bonds is 17. The number of aromatic nitrogens is 2. The van der Waals surface area contributed by atoms with Crippen LogP contribution in [0.2, 0.25) is 0 Å². The van der Waals surface area contributed by atoms with Crippen LogP contribution in [0.15, 0.2) is 66.7 Å². The van der Waals surface area contributed by atoms with Crippen molar-refractivity contribution in [2.75, 3.05) is 85.3 Å². The molecule has 0 aliphatic carbocycles. The molecule has 19 nitrogen and oxygen atoms in total. The van der Waals surface area contributed by atoms with Crippen LogP contribution < -0.4 is 16.0 Å². The lowest BCUT2D eigenvalue weighted by Crippen LogP contribution is -2.62. The number of hydrogen-bond donors (Lipinski definition) is 3. The van der Waals surface area contributed by atoms with Crippen LogP contribution in [0.25, 0.3) is 43.6 Å². The number of imide groups is 2. The standard InChI is InChI=1S/C55H60N8O11/c1-55-49(70-3)40(29-42(74-55)61-37-13-6-4-9-32(37)45-46-35(30-57-51(46)66)43-33-10-5-7-14-38(33)63(55)48(43)47(45)61)59(2)52(67)31-17-20-60(21-18-31)22-24-72-26-28-73-27-25-71-23-19-56-36-12-8-11-34-44(36)54(69)62(53(34)68)39-15-16-41(64)58-50(39)65/h4-14,31,39-40,42,49,56H,15-30H2,1-3H3,(H,57,66)(H,58,64,65)/t39?,40-,42-,49-,55+/m1/s1. The Kier molecular flexibility index (Phi) is 12.5. The topological polar surface area (TPSA) is 204 Å². The number of likely N-dealkylation sites (N-methyl/N-ethyl adjacent to an activating group) is 1. The lowest BCUT2D eigenvalue weighted by molar-refractivity contribution is -0.266. The summed E-state index contributed by atoms with van der Waals surface area (Å²) in [6.45, 7) is 7.70. The molecule has 3 fully saturated rings. The van der Waals surface area contributed by atoms with Crippen LogP contribution in [0.5, 0.6) is 0 Å². The lowest BCUT2D eigenvalue weighted by Gasteiger charge is -2.51. The van der Waals surface area contributed by atoms with Crippen LogP contribution in [0.1, 0.15) is 81.9 Å². The summed E-state index contributed by atoms with van der Waals surface area (Å²) in [4.78, 5) is 84.2. The summed E-state index contributed by atoms with van der Waals surface area (Å²) in [6.07, 6.45) is 1.16. The summed E-state index contributed by atoms with van der Waals surface area (Å²) in [5.74, 6) is -2.28. The maximum absolute atomic E-state index is 14.7. The zero-order chi connectivity index (χ0) is 51.0. The van der Waals surface area contributed by atoms with Gasteiger partial charge in [0.25, 0.3) is 17.7 Å². The van der Waals surface area contributed by atoms with Gasteiger partial charge in [0.2, 0.25) is 17.7 Å². The third kappa shape index (κ3) is 7.68. The van der Waals surface area contributed by atoms with Crippen LogP contribution in [0.4, 0.5) is 5.69 Å². The van der Waals surface area contributed by atoms with Crippen LogP contribution in [0.3, 0.4) is 0 Å². The van der Waals surface area contributed by atoms with Crippen LogP contribution in [-0.2, 0) is 50.3 Å². The van der Waals surface area contributed by atoms with Gasteiger partial charge in [-0.3, -0.25) is 39.0 Å². The number of para-hydroxylation sites is 2. The van der Waals surface area contributed by atoms with Crippen molar-refractivity contribution in [1.29, 1.82) is 0 Å². The van der Waals surface area contributed by atoms with Gasteiger partial charge in [0, 0.05) is 79.8 Å². The predicted octanol–water partition coefficient (Wildman–Crippen LogP) is 4.87. The molecule has 6 aliphatic rings. The minimum atomic E-state index is -1.03. The zero-order valence-electron chi connectivity index (χ0n) is 41.8. The van der Waals surface area contributed by atoms with E-state index < -0.39 is 47.7 Å². The van der Waals surface area contributed by atoms with E-state index in [2.05, 4.69) is 61.2 Å². The molecule has 0 spiro atoms. The number of methoxy groups -OCH3 is 1. The van der Waals surface area contributed by atoms with E-state index in [9.17, 15) is 28.8 Å². The fourth-order valence-corrected chi connectivity index (χ4v) is 12.9. The molecule has 74 heavy (non-hydrogen) atoms. The molecule has 1 unspecified atom stereocenters. The number of anilines is 1. The number of benzene rings is 4. The molecule has 5 atom stereocenters. The maximum atomic E-state index is 14.7. The number of nitrogens with zero attached hydrogens (tertiary/aromatic N) is 5. The van der Waals surface area contributed by atoms with Crippen molar-refractivity contribution in [3.63, 3.8) is 0 Å². The molecule has 0 radical (unpaired) electrons. The molecule has 6 amide bonds. The van der Waals surface area contributed by atoms with Gasteiger partial charge in [0.15, 0.2) is 5.72 Å². The highest BCUT2D eigenvalue weighted by Gasteiger charge is 2.55. The predicted molar refractivity (Wildman–Crippen MR) is 273 cm³/mol. The molecule has 2 bridgehead atoms. The van der Waals surface area contributed by atoms with Gasteiger partial charge in [-0.2, -0.15) is 0 Å². The van der Waals surface area contributed by atoms with E-state index in [1.165, 1.54) is 0 Å². The highest BCUT2D eigenvalue weighted by atomic mass is 16.6. The number of likely N-dealkylation sites (tertiary alicyclic amines) is 1. The van der Waals surface area contributed by atoms with Crippen molar-refractivity contribution in [3.8, 4) is 0 Å². The molecule has 12 rings (SSSR count). The Morgan fingerprint density at radius 1 is 0.811 bits per heavy atom. The summed E-state index contributed by atoms with van der Waals surface area (Å²) in [5.41, 5.74) is 5.57. The van der Waals surface area contributed by atoms with Gasteiger partial charge < -0.3 is 53.3 Å². The molecule has 19 heteroatoms. The zero-order valence-corrected chi connectivity index (χ0v) is 41.8. The van der Waals surface area contributed by atoms with E-state index in [-0.39, 0.29) is 47.7 Å². The number of fused-ring (bicyclic) bond motifs is 14. The molecular formula is C55H60N8O11. The van der Waals surface area contributed by atoms with Crippen molar-refractivity contribution in [2.24, 2.45) is 5.92 Å². The molecule has 4 aromatic carbocycles. The average molecular weight is 1010 g/mol. The largest absolute Gasteiger partial charge is 0.382 e. The number of amides is 6. The first-order valence-electron chi connectivity index (χ1n) is 25.8. The summed E-state index contributed by atoms with van der Waals surface area (Å²) in [6, 6.07) is 20.2. The molecule has 8 heterocycles. The Hall–Kier alpha value is -6.74. The Balaban J connectivity index is 0.612. The number of carbonyl (C=O) groups is 6. The van der Waals surface area contributed by atoms with Gasteiger partial charge in [-0.25, -0.2) is 0 Å². The van der Waals surface area contributed by atoms with Crippen LogP contribution in [0, 0.1) is 5.92 Å². The monoisotopic (exact) mass is 1010 g/mol. The fraction of sp³-hybridized carbons (Fsp3) is 0.455. The van der Waals surface area contributed by atoms with E-state index in [4.69, 9.17) is 23.7 Å². The van der Waals surface area contributed by atoms with E-state index in [1.807, 2.05) is 36.2 Å². The summed E-state index contributed by atoms with van der Waals surface area (Å²) >= 11 is 0. The Bertz CT molecular complexity index is 3300. The molecule has 0 saturated carbocycles. The number of hydrogen-bond acceptors (Lipinski definition) is 13. The Morgan fingerprint density at radius 2 is 1.51 bits per heavy atom. The number of ether oxygens (including phenoxy) is 5. The molecule has 3 saturated heterocycles. The highest BCUT2D eigenvalue weighted by molar-refractivity contribution is 6.31. The first-order chi connectivity index (χ1) is 36.0. The van der Waals surface area contributed by atoms with Gasteiger partial charge >= 0.3 is 0 Å². The van der Waals surface area contributed by atoms with Crippen molar-refractivity contribution in [2.45, 2.75) is 75.7 Å². The minimum Gasteiger partial charge on any atom is -0.382 e. The molecule has 2 aromatic heterocycles. The number of nitrogens with one attached hydrogen (secondary N) is 3. The first kappa shape index (κ1) is 48.2. The summed E-state index contributed by atoms with van der Waals surface area (Å²) < 4.78 is 35.8. The van der Waals surface area contributed by atoms with Gasteiger partial charge in [0.05, 0.1) is 84.4 Å². The van der Waals surface area contributed by atoms with Crippen LogP contribution >= 0.6 is 0 Å². The SMILES string of the molecule is CO[C@@H]1[C@H](N(C)C(=O)C2CCN(CCOCCOCCOCCNc3cccc4c3C(=O)N(C3CCC(=O)NC3=O)C4=O)CC2)C[C@H]2O[C@]1(C)n1c3ccccc3c3c4c(c5c6ccccc6n2c5c31)C(=O)NC4. The quantitative estimate of drug-likeness (QED) is 0.0826. The van der Waals surface area contributed by atoms with Gasteiger partial charge in [-0.1, -0.05) is 42.5 Å². The van der Waals surface area contributed by atoms with Gasteiger partial charge in [-0.05, 0) is 69.1 Å². The smallest absolute Gasteiger partial charge is 0.264 e. The molecule has 6 aromatic rings. The second-order valence-corrected chi connectivity index (χ2v) is 20.3. The average Bonchev–Trinajstić information content (AvgIpc) is 4.14. The minimum absolute atomic E-state index is 0.0570. The summed E-state index contributed by atoms with van der Waals surface area (Å²) in [5, 5.41) is 12.6. The normalized spacial score (nSPS) is 23.8. The Morgan fingerprint density at radius 3 is 2.26 bits per heavy atom. The van der Waals surface area contributed by atoms with Gasteiger partial charge in [-0.15, -0.1) is 0 Å². The second-order valence-electron chi connectivity index (χ2n) is 20.3. The van der Waals surface area contributed by atoms with E-state index in [0.717, 1.165) is 92.1 Å². The first-order valence-corrected chi connectivity index (χ1v) is 25.8. The van der Waals surface area contributed by atoms with Gasteiger partial charge in [0.1, 0.15) is 18.4 Å². The third-order valence-corrected chi connectivity index (χ3v) is 16.3. The molecule has 3 N–H and O–H groups in total. The van der Waals surface area contributed by atoms with Crippen molar-refractivity contribution < 1.29 is 52.5 Å². The molecule has 6 aliphatic heterocycles. The van der Waals surface area contributed by atoms with Crippen molar-refractivity contribution >= 4 is 84.7 Å². The summed E-state index contributed by atoms with van der Waals surface area (Å²) in [7, 11) is 3.65. The van der Waals surface area contributed by atoms with E-state index in [0.29, 0.717) is 64.8 Å². The Labute approximate surface area is 426 Å². The van der Waals surface area contributed by atoms with E-state index in [1.54, 1.807) is 25.3 Å². The van der Waals surface area contributed by atoms with Crippen molar-refractivity contribution in [3.05, 3.63) is 89.0 Å². The van der Waals surface area contributed by atoms with Crippen LogP contribution in [-0.4, -0.2) is 157 Å². The number of piperidine rings is 2. The van der Waals surface area contributed by atoms with Crippen molar-refractivity contribution in [1.82, 2.24) is 34.5 Å². The number of carbonyl (C=O) groups excluding carboxylic acids is 6. The van der Waals surface area contributed by atoms with E-state index >= 15 is 0 Å².